The van der Waals surface area contributed by atoms with Crippen molar-refractivity contribution in [1.82, 2.24) is 19.6 Å². The smallest absolute Gasteiger partial charge is 0.251 e. The van der Waals surface area contributed by atoms with Gasteiger partial charge in [0.25, 0.3) is 5.91 Å². The molecule has 0 N–H and O–H groups in total. The third kappa shape index (κ3) is 4.71. The van der Waals surface area contributed by atoms with E-state index >= 15 is 0 Å². The molecular weight excluding hydrogens is 320 g/mol. The molecule has 3 fully saturated rings. The third-order valence-corrected chi connectivity index (χ3v) is 5.65. The standard InChI is InChI=1S/C18H32N4O3/c1-15(2)20-9-11-21(12-10-20)17(23)14-19-5-7-22(8-6-19)18(24)16-4-3-13-25-16/h15-16H,3-14H2,1-2H3. The van der Waals surface area contributed by atoms with Gasteiger partial charge in [-0.05, 0) is 26.7 Å². The Bertz CT molecular complexity index is 463. The van der Waals surface area contributed by atoms with E-state index in [0.717, 1.165) is 52.1 Å². The molecule has 0 saturated carbocycles. The zero-order valence-corrected chi connectivity index (χ0v) is 15.7. The maximum Gasteiger partial charge on any atom is 0.251 e. The monoisotopic (exact) mass is 352 g/mol. The first-order valence-electron chi connectivity index (χ1n) is 9.69. The molecule has 1 unspecified atom stereocenters. The fourth-order valence-electron chi connectivity index (χ4n) is 3.88. The second-order valence-electron chi connectivity index (χ2n) is 7.61. The van der Waals surface area contributed by atoms with E-state index in [9.17, 15) is 9.59 Å². The van der Waals surface area contributed by atoms with Gasteiger partial charge in [0.1, 0.15) is 6.10 Å². The van der Waals surface area contributed by atoms with E-state index in [1.165, 1.54) is 0 Å². The molecule has 3 rings (SSSR count). The fraction of sp³-hybridized carbons (Fsp3) is 0.889. The normalized spacial score (nSPS) is 26.4. The number of amides is 2. The van der Waals surface area contributed by atoms with Gasteiger partial charge in [-0.25, -0.2) is 0 Å². The van der Waals surface area contributed by atoms with Crippen molar-refractivity contribution in [1.29, 1.82) is 0 Å². The summed E-state index contributed by atoms with van der Waals surface area (Å²) in [5, 5.41) is 0. The maximum atomic E-state index is 12.5. The molecule has 3 aliphatic heterocycles. The SMILES string of the molecule is CC(C)N1CCN(C(=O)CN2CCN(C(=O)C3CCCO3)CC2)CC1. The summed E-state index contributed by atoms with van der Waals surface area (Å²) < 4.78 is 5.49. The summed E-state index contributed by atoms with van der Waals surface area (Å²) in [6, 6.07) is 0.548. The van der Waals surface area contributed by atoms with Crippen molar-refractivity contribution in [3.05, 3.63) is 0 Å². The molecule has 3 aliphatic rings. The van der Waals surface area contributed by atoms with E-state index in [-0.39, 0.29) is 17.9 Å². The highest BCUT2D eigenvalue weighted by molar-refractivity contribution is 5.81. The van der Waals surface area contributed by atoms with E-state index in [0.29, 0.717) is 32.3 Å². The van der Waals surface area contributed by atoms with Gasteiger partial charge in [0.15, 0.2) is 0 Å². The molecule has 2 amide bonds. The van der Waals surface area contributed by atoms with Gasteiger partial charge in [-0.3, -0.25) is 19.4 Å². The predicted molar refractivity (Wildman–Crippen MR) is 95.3 cm³/mol. The van der Waals surface area contributed by atoms with Gasteiger partial charge < -0.3 is 14.5 Å². The van der Waals surface area contributed by atoms with Crippen molar-refractivity contribution in [2.24, 2.45) is 0 Å². The number of carbonyl (C=O) groups excluding carboxylic acids is 2. The minimum absolute atomic E-state index is 0.133. The Balaban J connectivity index is 1.38. The number of ether oxygens (including phenoxy) is 1. The van der Waals surface area contributed by atoms with E-state index in [1.54, 1.807) is 0 Å². The number of hydrogen-bond acceptors (Lipinski definition) is 5. The van der Waals surface area contributed by atoms with Crippen LogP contribution in [0.5, 0.6) is 0 Å². The molecule has 1 atom stereocenters. The molecule has 25 heavy (non-hydrogen) atoms. The second kappa shape index (κ2) is 8.47. The van der Waals surface area contributed by atoms with E-state index < -0.39 is 0 Å². The van der Waals surface area contributed by atoms with Crippen molar-refractivity contribution < 1.29 is 14.3 Å². The molecule has 3 saturated heterocycles. The van der Waals surface area contributed by atoms with Crippen molar-refractivity contribution in [2.75, 3.05) is 65.5 Å². The van der Waals surface area contributed by atoms with Gasteiger partial charge in [-0.2, -0.15) is 0 Å². The van der Waals surface area contributed by atoms with Crippen LogP contribution in [0.25, 0.3) is 0 Å². The molecule has 0 aliphatic carbocycles. The molecule has 0 radical (unpaired) electrons. The topological polar surface area (TPSA) is 56.3 Å². The van der Waals surface area contributed by atoms with Gasteiger partial charge in [0.05, 0.1) is 6.54 Å². The zero-order valence-electron chi connectivity index (χ0n) is 15.7. The number of carbonyl (C=O) groups is 2. The largest absolute Gasteiger partial charge is 0.368 e. The van der Waals surface area contributed by atoms with Gasteiger partial charge in [-0.15, -0.1) is 0 Å². The van der Waals surface area contributed by atoms with Gasteiger partial charge >= 0.3 is 0 Å². The molecule has 3 heterocycles. The van der Waals surface area contributed by atoms with Crippen LogP contribution in [-0.2, 0) is 14.3 Å². The van der Waals surface area contributed by atoms with Crippen LogP contribution in [0.15, 0.2) is 0 Å². The predicted octanol–water partition coefficient (Wildman–Crippen LogP) is -0.138. The molecule has 0 aromatic heterocycles. The van der Waals surface area contributed by atoms with Crippen molar-refractivity contribution in [3.8, 4) is 0 Å². The number of rotatable bonds is 4. The van der Waals surface area contributed by atoms with Crippen LogP contribution >= 0.6 is 0 Å². The molecule has 0 spiro atoms. The fourth-order valence-corrected chi connectivity index (χ4v) is 3.88. The first-order valence-corrected chi connectivity index (χ1v) is 9.69. The Morgan fingerprint density at radius 2 is 1.60 bits per heavy atom. The zero-order chi connectivity index (χ0) is 17.8. The highest BCUT2D eigenvalue weighted by Gasteiger charge is 2.31. The molecule has 0 aromatic rings. The lowest BCUT2D eigenvalue weighted by Gasteiger charge is -2.39. The highest BCUT2D eigenvalue weighted by Crippen LogP contribution is 2.16. The summed E-state index contributed by atoms with van der Waals surface area (Å²) in [6.45, 7) is 12.1. The van der Waals surface area contributed by atoms with Crippen LogP contribution in [0.4, 0.5) is 0 Å². The van der Waals surface area contributed by atoms with E-state index in [4.69, 9.17) is 4.74 Å². The Hall–Kier alpha value is -1.18. The average Bonchev–Trinajstić information content (AvgIpc) is 3.16. The Morgan fingerprint density at radius 3 is 2.16 bits per heavy atom. The number of nitrogens with zero attached hydrogens (tertiary/aromatic N) is 4. The Labute approximate surface area is 150 Å². The number of hydrogen-bond donors (Lipinski definition) is 0. The molecule has 0 bridgehead atoms. The third-order valence-electron chi connectivity index (χ3n) is 5.65. The quantitative estimate of drug-likeness (QED) is 0.705. The van der Waals surface area contributed by atoms with E-state index in [1.807, 2.05) is 9.80 Å². The van der Waals surface area contributed by atoms with Crippen LogP contribution < -0.4 is 0 Å². The molecule has 7 heteroatoms. The van der Waals surface area contributed by atoms with Crippen LogP contribution in [-0.4, -0.2) is 109 Å². The first kappa shape index (κ1) is 18.6. The number of piperazine rings is 2. The minimum Gasteiger partial charge on any atom is -0.368 e. The maximum absolute atomic E-state index is 12.5. The highest BCUT2D eigenvalue weighted by atomic mass is 16.5. The van der Waals surface area contributed by atoms with Gasteiger partial charge in [0.2, 0.25) is 5.91 Å². The summed E-state index contributed by atoms with van der Waals surface area (Å²) in [6.07, 6.45) is 1.60. The van der Waals surface area contributed by atoms with Crippen LogP contribution in [0.2, 0.25) is 0 Å². The lowest BCUT2D eigenvalue weighted by Crippen LogP contribution is -2.55. The minimum atomic E-state index is -0.231. The lowest BCUT2D eigenvalue weighted by molar-refractivity contribution is -0.143. The van der Waals surface area contributed by atoms with Crippen LogP contribution in [0.3, 0.4) is 0 Å². The molecular formula is C18H32N4O3. The summed E-state index contributed by atoms with van der Waals surface area (Å²) in [5.74, 6) is 0.357. The first-order chi connectivity index (χ1) is 12.0. The summed E-state index contributed by atoms with van der Waals surface area (Å²) in [4.78, 5) is 33.4. The summed E-state index contributed by atoms with van der Waals surface area (Å²) >= 11 is 0. The van der Waals surface area contributed by atoms with Crippen molar-refractivity contribution in [2.45, 2.75) is 38.8 Å². The average molecular weight is 352 g/mol. The Kier molecular flexibility index (Phi) is 6.30. The molecule has 142 valence electrons. The molecule has 7 nitrogen and oxygen atoms in total. The Morgan fingerprint density at radius 1 is 0.960 bits per heavy atom. The van der Waals surface area contributed by atoms with Crippen LogP contribution in [0.1, 0.15) is 26.7 Å². The van der Waals surface area contributed by atoms with Gasteiger partial charge in [-0.1, -0.05) is 0 Å². The van der Waals surface area contributed by atoms with Crippen molar-refractivity contribution >= 4 is 11.8 Å². The van der Waals surface area contributed by atoms with Crippen LogP contribution in [0, 0.1) is 0 Å². The second-order valence-corrected chi connectivity index (χ2v) is 7.61. The summed E-state index contributed by atoms with van der Waals surface area (Å²) in [5.41, 5.74) is 0. The van der Waals surface area contributed by atoms with Crippen molar-refractivity contribution in [3.63, 3.8) is 0 Å². The van der Waals surface area contributed by atoms with Gasteiger partial charge in [0, 0.05) is 65.0 Å². The van der Waals surface area contributed by atoms with E-state index in [2.05, 4.69) is 23.6 Å². The molecule has 0 aromatic carbocycles. The lowest BCUT2D eigenvalue weighted by atomic mass is 10.2. The summed E-state index contributed by atoms with van der Waals surface area (Å²) in [7, 11) is 0.